The predicted octanol–water partition coefficient (Wildman–Crippen LogP) is 4.21. The Morgan fingerprint density at radius 3 is 2.40 bits per heavy atom. The number of ether oxygens (including phenoxy) is 2. The normalized spacial score (nSPS) is 19.8. The van der Waals surface area contributed by atoms with E-state index >= 15 is 0 Å². The first kappa shape index (κ1) is 25.3. The van der Waals surface area contributed by atoms with Crippen LogP contribution in [0.15, 0.2) is 29.3 Å². The number of hydrogen-bond acceptors (Lipinski definition) is 3. The van der Waals surface area contributed by atoms with Crippen molar-refractivity contribution < 1.29 is 13.9 Å². The molecular weight excluding hydrogens is 496 g/mol. The number of halogens is 2. The van der Waals surface area contributed by atoms with E-state index in [2.05, 4.69) is 24.2 Å². The minimum atomic E-state index is -0.194. The Kier molecular flexibility index (Phi) is 10.8. The topological polar surface area (TPSA) is 46.1 Å². The summed E-state index contributed by atoms with van der Waals surface area (Å²) >= 11 is 0. The molecule has 1 aromatic carbocycles. The van der Waals surface area contributed by atoms with Gasteiger partial charge in [0.2, 0.25) is 0 Å². The zero-order valence-electron chi connectivity index (χ0n) is 18.4. The zero-order chi connectivity index (χ0) is 20.5. The van der Waals surface area contributed by atoms with Gasteiger partial charge >= 0.3 is 0 Å². The van der Waals surface area contributed by atoms with Crippen molar-refractivity contribution in [2.45, 2.75) is 44.4 Å². The second kappa shape index (κ2) is 12.8. The van der Waals surface area contributed by atoms with Crippen LogP contribution < -0.4 is 5.32 Å². The molecule has 170 valence electrons. The van der Waals surface area contributed by atoms with Crippen molar-refractivity contribution in [1.82, 2.24) is 10.2 Å². The molecule has 2 heterocycles. The Morgan fingerprint density at radius 1 is 1.13 bits per heavy atom. The van der Waals surface area contributed by atoms with Gasteiger partial charge in [0.1, 0.15) is 5.82 Å². The van der Waals surface area contributed by atoms with Crippen LogP contribution in [0.25, 0.3) is 0 Å². The van der Waals surface area contributed by atoms with E-state index in [1.54, 1.807) is 12.1 Å². The highest BCUT2D eigenvalue weighted by atomic mass is 127. The number of aliphatic imine (C=N–C) groups is 1. The van der Waals surface area contributed by atoms with Crippen LogP contribution in [0.3, 0.4) is 0 Å². The summed E-state index contributed by atoms with van der Waals surface area (Å²) in [6, 6.07) is 6.94. The van der Waals surface area contributed by atoms with Crippen molar-refractivity contribution in [3.05, 3.63) is 35.6 Å². The summed E-state index contributed by atoms with van der Waals surface area (Å²) in [4.78, 5) is 7.28. The van der Waals surface area contributed by atoms with E-state index in [0.717, 1.165) is 82.6 Å². The van der Waals surface area contributed by atoms with Crippen molar-refractivity contribution in [3.63, 3.8) is 0 Å². The minimum Gasteiger partial charge on any atom is -0.381 e. The van der Waals surface area contributed by atoms with Crippen LogP contribution in [0.5, 0.6) is 0 Å². The number of rotatable bonds is 7. The second-order valence-electron chi connectivity index (χ2n) is 8.34. The number of benzene rings is 1. The molecule has 1 N–H and O–H groups in total. The lowest BCUT2D eigenvalue weighted by Gasteiger charge is -2.37. The van der Waals surface area contributed by atoms with Crippen LogP contribution in [0, 0.1) is 11.7 Å². The average Bonchev–Trinajstić information content (AvgIpc) is 2.77. The van der Waals surface area contributed by atoms with Gasteiger partial charge in [0.25, 0.3) is 0 Å². The van der Waals surface area contributed by atoms with E-state index in [9.17, 15) is 4.39 Å². The number of nitrogens with one attached hydrogen (secondary N) is 1. The van der Waals surface area contributed by atoms with Crippen LogP contribution >= 0.6 is 24.0 Å². The molecule has 30 heavy (non-hydrogen) atoms. The Hall–Kier alpha value is -0.930. The fourth-order valence-corrected chi connectivity index (χ4v) is 4.32. The van der Waals surface area contributed by atoms with Crippen LogP contribution in [-0.2, 0) is 14.9 Å². The maximum atomic E-state index is 13.5. The van der Waals surface area contributed by atoms with Gasteiger partial charge in [-0.1, -0.05) is 12.1 Å². The standard InChI is InChI=1S/C23H36FN3O2.HI/c1-3-25-22(27(2)13-8-19-9-14-28-15-10-19)26-18-23(11-16-29-17-12-23)20-4-6-21(24)7-5-20;/h4-7,19H,3,8-18H2,1-2H3,(H,25,26);1H. The molecule has 0 aromatic heterocycles. The molecule has 3 rings (SSSR count). The quantitative estimate of drug-likeness (QED) is 0.324. The Bertz CT molecular complexity index is 644. The van der Waals surface area contributed by atoms with Crippen molar-refractivity contribution >= 4 is 29.9 Å². The summed E-state index contributed by atoms with van der Waals surface area (Å²) in [5.41, 5.74) is 1.07. The predicted molar refractivity (Wildman–Crippen MR) is 130 cm³/mol. The molecule has 5 nitrogen and oxygen atoms in total. The highest BCUT2D eigenvalue weighted by Crippen LogP contribution is 2.35. The first-order chi connectivity index (χ1) is 14.1. The largest absolute Gasteiger partial charge is 0.381 e. The van der Waals surface area contributed by atoms with Crippen LogP contribution in [0.1, 0.15) is 44.6 Å². The summed E-state index contributed by atoms with van der Waals surface area (Å²) < 4.78 is 24.6. The van der Waals surface area contributed by atoms with Crippen LogP contribution in [-0.4, -0.2) is 64.0 Å². The third kappa shape index (κ3) is 7.05. The summed E-state index contributed by atoms with van der Waals surface area (Å²) in [6.07, 6.45) is 5.31. The SMILES string of the molecule is CCNC(=NCC1(c2ccc(F)cc2)CCOCC1)N(C)CCC1CCOCC1.I. The molecule has 0 atom stereocenters. The van der Waals surface area contributed by atoms with E-state index in [1.807, 2.05) is 12.1 Å². The third-order valence-electron chi connectivity index (χ3n) is 6.35. The van der Waals surface area contributed by atoms with Gasteiger partial charge < -0.3 is 19.7 Å². The van der Waals surface area contributed by atoms with Gasteiger partial charge in [-0.3, -0.25) is 4.99 Å². The molecule has 0 saturated carbocycles. The molecule has 2 saturated heterocycles. The summed E-state index contributed by atoms with van der Waals surface area (Å²) in [6.45, 7) is 7.86. The molecule has 0 radical (unpaired) electrons. The van der Waals surface area contributed by atoms with Crippen molar-refractivity contribution in [3.8, 4) is 0 Å². The van der Waals surface area contributed by atoms with Gasteiger partial charge in [-0.25, -0.2) is 4.39 Å². The minimum absolute atomic E-state index is 0. The van der Waals surface area contributed by atoms with Gasteiger partial charge in [0, 0.05) is 52.0 Å². The lowest BCUT2D eigenvalue weighted by Crippen LogP contribution is -2.42. The fraction of sp³-hybridized carbons (Fsp3) is 0.696. The summed E-state index contributed by atoms with van der Waals surface area (Å²) in [7, 11) is 2.12. The Morgan fingerprint density at radius 2 is 1.77 bits per heavy atom. The molecular formula is C23H37FIN3O2. The molecule has 2 aliphatic rings. The smallest absolute Gasteiger partial charge is 0.193 e. The molecule has 7 heteroatoms. The zero-order valence-corrected chi connectivity index (χ0v) is 20.7. The van der Waals surface area contributed by atoms with E-state index < -0.39 is 0 Å². The first-order valence-electron chi connectivity index (χ1n) is 11.0. The van der Waals surface area contributed by atoms with E-state index in [-0.39, 0.29) is 35.2 Å². The fourth-order valence-electron chi connectivity index (χ4n) is 4.32. The molecule has 0 bridgehead atoms. The van der Waals surface area contributed by atoms with E-state index in [4.69, 9.17) is 14.5 Å². The maximum Gasteiger partial charge on any atom is 0.193 e. The Labute approximate surface area is 197 Å². The molecule has 0 aliphatic carbocycles. The van der Waals surface area contributed by atoms with Gasteiger partial charge in [-0.15, -0.1) is 24.0 Å². The van der Waals surface area contributed by atoms with Crippen molar-refractivity contribution in [2.75, 3.05) is 53.1 Å². The molecule has 2 fully saturated rings. The Balaban J connectivity index is 0.00000320. The number of nitrogens with zero attached hydrogens (tertiary/aromatic N) is 2. The summed E-state index contributed by atoms with van der Waals surface area (Å²) in [5.74, 6) is 1.50. The summed E-state index contributed by atoms with van der Waals surface area (Å²) in [5, 5.41) is 3.45. The highest BCUT2D eigenvalue weighted by molar-refractivity contribution is 14.0. The van der Waals surface area contributed by atoms with Gasteiger partial charge in [-0.2, -0.15) is 0 Å². The number of hydrogen-bond donors (Lipinski definition) is 1. The highest BCUT2D eigenvalue weighted by Gasteiger charge is 2.34. The van der Waals surface area contributed by atoms with Gasteiger partial charge in [0.05, 0.1) is 6.54 Å². The molecule has 0 amide bonds. The van der Waals surface area contributed by atoms with Crippen molar-refractivity contribution in [1.29, 1.82) is 0 Å². The average molecular weight is 533 g/mol. The van der Waals surface area contributed by atoms with E-state index in [1.165, 1.54) is 6.42 Å². The van der Waals surface area contributed by atoms with Crippen LogP contribution in [0.4, 0.5) is 4.39 Å². The lowest BCUT2D eigenvalue weighted by atomic mass is 9.74. The van der Waals surface area contributed by atoms with Gasteiger partial charge in [0.15, 0.2) is 5.96 Å². The molecule has 0 spiro atoms. The third-order valence-corrected chi connectivity index (χ3v) is 6.35. The second-order valence-corrected chi connectivity index (χ2v) is 8.34. The molecule has 2 aliphatic heterocycles. The monoisotopic (exact) mass is 533 g/mol. The number of guanidine groups is 1. The molecule has 1 aromatic rings. The van der Waals surface area contributed by atoms with Gasteiger partial charge in [-0.05, 0) is 62.6 Å². The lowest BCUT2D eigenvalue weighted by molar-refractivity contribution is 0.0529. The maximum absolute atomic E-state index is 13.5. The van der Waals surface area contributed by atoms with Crippen LogP contribution in [0.2, 0.25) is 0 Å². The van der Waals surface area contributed by atoms with E-state index in [0.29, 0.717) is 6.54 Å². The molecule has 0 unspecified atom stereocenters. The first-order valence-corrected chi connectivity index (χ1v) is 11.0. The van der Waals surface area contributed by atoms with Crippen molar-refractivity contribution in [2.24, 2.45) is 10.9 Å².